The topological polar surface area (TPSA) is 86.7 Å². The van der Waals surface area contributed by atoms with Gasteiger partial charge in [0.15, 0.2) is 0 Å². The first-order chi connectivity index (χ1) is 13.2. The van der Waals surface area contributed by atoms with Gasteiger partial charge in [-0.1, -0.05) is 24.6 Å². The Morgan fingerprint density at radius 2 is 1.93 bits per heavy atom. The molecule has 150 valence electrons. The number of benzene rings is 2. The second kappa shape index (κ2) is 7.83. The van der Waals surface area contributed by atoms with E-state index < -0.39 is 16.0 Å². The second-order valence-corrected chi connectivity index (χ2v) is 9.26. The molecule has 1 aliphatic rings. The van der Waals surface area contributed by atoms with Crippen LogP contribution >= 0.6 is 0 Å². The monoisotopic (exact) mass is 402 g/mol. The standard InChI is InChI=1S/C21H26N2O4S/c1-14-6-9-20(16(3)11-14)28(26,27)22-18-12-17(21(24)25)7-8-19(18)23-10-4-5-15(2)13-23/h6-9,11-12,15,22H,4-5,10,13H2,1-3H3,(H,24,25)/t15-/m1/s1. The van der Waals surface area contributed by atoms with Gasteiger partial charge in [0.05, 0.1) is 21.8 Å². The predicted molar refractivity (Wildman–Crippen MR) is 111 cm³/mol. The first-order valence-electron chi connectivity index (χ1n) is 9.40. The van der Waals surface area contributed by atoms with E-state index in [-0.39, 0.29) is 10.5 Å². The molecule has 1 saturated heterocycles. The van der Waals surface area contributed by atoms with Crippen molar-refractivity contribution in [3.8, 4) is 0 Å². The van der Waals surface area contributed by atoms with Crippen molar-refractivity contribution in [3.05, 3.63) is 53.1 Å². The molecule has 2 aromatic rings. The Bertz CT molecular complexity index is 1000. The first kappa shape index (κ1) is 20.2. The fourth-order valence-electron chi connectivity index (χ4n) is 3.74. The summed E-state index contributed by atoms with van der Waals surface area (Å²) in [7, 11) is -3.85. The van der Waals surface area contributed by atoms with E-state index >= 15 is 0 Å². The first-order valence-corrected chi connectivity index (χ1v) is 10.9. The maximum atomic E-state index is 13.0. The Morgan fingerprint density at radius 3 is 2.57 bits per heavy atom. The van der Waals surface area contributed by atoms with Gasteiger partial charge in [-0.2, -0.15) is 0 Å². The molecule has 7 heteroatoms. The molecule has 1 atom stereocenters. The molecule has 3 rings (SSSR count). The minimum atomic E-state index is -3.85. The van der Waals surface area contributed by atoms with Gasteiger partial charge in [-0.15, -0.1) is 0 Å². The summed E-state index contributed by atoms with van der Waals surface area (Å²) in [6, 6.07) is 9.76. The Kier molecular flexibility index (Phi) is 5.65. The van der Waals surface area contributed by atoms with Crippen molar-refractivity contribution in [1.29, 1.82) is 0 Å². The Morgan fingerprint density at radius 1 is 1.18 bits per heavy atom. The molecule has 2 N–H and O–H groups in total. The van der Waals surface area contributed by atoms with Crippen LogP contribution in [0.2, 0.25) is 0 Å². The summed E-state index contributed by atoms with van der Waals surface area (Å²) >= 11 is 0. The van der Waals surface area contributed by atoms with Gasteiger partial charge in [0.25, 0.3) is 10.0 Å². The number of hydrogen-bond donors (Lipinski definition) is 2. The summed E-state index contributed by atoms with van der Waals surface area (Å²) in [5, 5.41) is 9.35. The maximum absolute atomic E-state index is 13.0. The van der Waals surface area contributed by atoms with Crippen LogP contribution < -0.4 is 9.62 Å². The van der Waals surface area contributed by atoms with Crippen LogP contribution in [0.4, 0.5) is 11.4 Å². The van der Waals surface area contributed by atoms with E-state index in [4.69, 9.17) is 0 Å². The van der Waals surface area contributed by atoms with E-state index in [1.807, 2.05) is 13.0 Å². The molecule has 1 fully saturated rings. The number of carbonyl (C=O) groups is 1. The fraction of sp³-hybridized carbons (Fsp3) is 0.381. The number of nitrogens with one attached hydrogen (secondary N) is 1. The van der Waals surface area contributed by atoms with Gasteiger partial charge in [0.1, 0.15) is 0 Å². The number of carboxylic acids is 1. The molecule has 1 aliphatic heterocycles. The van der Waals surface area contributed by atoms with Gasteiger partial charge in [-0.05, 0) is 62.4 Å². The van der Waals surface area contributed by atoms with Gasteiger partial charge >= 0.3 is 5.97 Å². The quantitative estimate of drug-likeness (QED) is 0.788. The highest BCUT2D eigenvalue weighted by Crippen LogP contribution is 2.33. The number of hydrogen-bond acceptors (Lipinski definition) is 4. The number of rotatable bonds is 5. The van der Waals surface area contributed by atoms with Crippen LogP contribution in [0.15, 0.2) is 41.3 Å². The second-order valence-electron chi connectivity index (χ2n) is 7.60. The van der Waals surface area contributed by atoms with Gasteiger partial charge in [-0.25, -0.2) is 13.2 Å². The molecule has 0 radical (unpaired) electrons. The van der Waals surface area contributed by atoms with Crippen LogP contribution in [0.1, 0.15) is 41.3 Å². The van der Waals surface area contributed by atoms with Crippen molar-refractivity contribution in [2.45, 2.75) is 38.5 Å². The molecule has 0 unspecified atom stereocenters. The van der Waals surface area contributed by atoms with Gasteiger partial charge in [-0.3, -0.25) is 4.72 Å². The van der Waals surface area contributed by atoms with Gasteiger partial charge in [0.2, 0.25) is 0 Å². The fourth-order valence-corrected chi connectivity index (χ4v) is 5.03. The molecule has 0 aromatic heterocycles. The molecule has 6 nitrogen and oxygen atoms in total. The molecular weight excluding hydrogens is 376 g/mol. The van der Waals surface area contributed by atoms with Crippen molar-refractivity contribution in [3.63, 3.8) is 0 Å². The smallest absolute Gasteiger partial charge is 0.335 e. The van der Waals surface area contributed by atoms with E-state index in [1.54, 1.807) is 25.1 Å². The van der Waals surface area contributed by atoms with E-state index in [2.05, 4.69) is 16.5 Å². The van der Waals surface area contributed by atoms with Crippen molar-refractivity contribution in [2.24, 2.45) is 5.92 Å². The zero-order valence-electron chi connectivity index (χ0n) is 16.4. The van der Waals surface area contributed by atoms with E-state index in [0.29, 0.717) is 22.9 Å². The molecule has 0 bridgehead atoms. The third-order valence-electron chi connectivity index (χ3n) is 5.11. The Balaban J connectivity index is 2.03. The minimum Gasteiger partial charge on any atom is -0.478 e. The summed E-state index contributed by atoms with van der Waals surface area (Å²) in [4.78, 5) is 13.7. The highest BCUT2D eigenvalue weighted by atomic mass is 32.2. The number of nitrogens with zero attached hydrogens (tertiary/aromatic N) is 1. The van der Waals surface area contributed by atoms with Crippen molar-refractivity contribution in [1.82, 2.24) is 0 Å². The average Bonchev–Trinajstić information content (AvgIpc) is 2.60. The predicted octanol–water partition coefficient (Wildman–Crippen LogP) is 4.04. The SMILES string of the molecule is Cc1ccc(S(=O)(=O)Nc2cc(C(=O)O)ccc2N2CCC[C@@H](C)C2)c(C)c1. The summed E-state index contributed by atoms with van der Waals surface area (Å²) in [6.07, 6.45) is 2.15. The van der Waals surface area contributed by atoms with Crippen LogP contribution in [0.5, 0.6) is 0 Å². The lowest BCUT2D eigenvalue weighted by atomic mass is 9.99. The average molecular weight is 403 g/mol. The highest BCUT2D eigenvalue weighted by molar-refractivity contribution is 7.92. The van der Waals surface area contributed by atoms with Crippen molar-refractivity contribution < 1.29 is 18.3 Å². The van der Waals surface area contributed by atoms with Crippen LogP contribution in [0.25, 0.3) is 0 Å². The number of aryl methyl sites for hydroxylation is 2. The van der Waals surface area contributed by atoms with E-state index in [1.165, 1.54) is 12.1 Å². The molecule has 0 aliphatic carbocycles. The third kappa shape index (κ3) is 4.30. The summed E-state index contributed by atoms with van der Waals surface area (Å²) in [6.45, 7) is 7.45. The van der Waals surface area contributed by atoms with Gasteiger partial charge in [0, 0.05) is 13.1 Å². The maximum Gasteiger partial charge on any atom is 0.335 e. The number of aromatic carboxylic acids is 1. The molecular formula is C21H26N2O4S. The number of anilines is 2. The minimum absolute atomic E-state index is 0.0483. The van der Waals surface area contributed by atoms with Crippen LogP contribution in [-0.4, -0.2) is 32.6 Å². The lowest BCUT2D eigenvalue weighted by Gasteiger charge is -2.34. The van der Waals surface area contributed by atoms with Crippen LogP contribution in [-0.2, 0) is 10.0 Å². The molecule has 28 heavy (non-hydrogen) atoms. The Labute approximate surface area is 166 Å². The number of sulfonamides is 1. The van der Waals surface area contributed by atoms with Crippen LogP contribution in [0.3, 0.4) is 0 Å². The number of carboxylic acid groups (broad SMARTS) is 1. The molecule has 1 heterocycles. The highest BCUT2D eigenvalue weighted by Gasteiger charge is 2.24. The number of piperidine rings is 1. The molecule has 2 aromatic carbocycles. The van der Waals surface area contributed by atoms with E-state index in [9.17, 15) is 18.3 Å². The van der Waals surface area contributed by atoms with Crippen molar-refractivity contribution >= 4 is 27.4 Å². The zero-order chi connectivity index (χ0) is 20.5. The third-order valence-corrected chi connectivity index (χ3v) is 6.63. The molecule has 0 spiro atoms. The Hall–Kier alpha value is -2.54. The normalized spacial score (nSPS) is 17.4. The van der Waals surface area contributed by atoms with Crippen LogP contribution in [0, 0.1) is 19.8 Å². The van der Waals surface area contributed by atoms with Gasteiger partial charge < -0.3 is 10.0 Å². The zero-order valence-corrected chi connectivity index (χ0v) is 17.2. The molecule has 0 saturated carbocycles. The summed E-state index contributed by atoms with van der Waals surface area (Å²) in [5.41, 5.74) is 2.69. The lowest BCUT2D eigenvalue weighted by Crippen LogP contribution is -2.35. The molecule has 0 amide bonds. The summed E-state index contributed by atoms with van der Waals surface area (Å²) < 4.78 is 28.7. The van der Waals surface area contributed by atoms with E-state index in [0.717, 1.165) is 31.5 Å². The van der Waals surface area contributed by atoms with Crippen molar-refractivity contribution in [2.75, 3.05) is 22.7 Å². The summed E-state index contributed by atoms with van der Waals surface area (Å²) in [5.74, 6) is -0.595. The lowest BCUT2D eigenvalue weighted by molar-refractivity contribution is 0.0697. The largest absolute Gasteiger partial charge is 0.478 e.